The van der Waals surface area contributed by atoms with E-state index in [1.807, 2.05) is 6.92 Å². The van der Waals surface area contributed by atoms with Gasteiger partial charge in [0.15, 0.2) is 0 Å². The third-order valence-electron chi connectivity index (χ3n) is 4.33. The number of thiazole rings is 1. The van der Waals surface area contributed by atoms with Crippen molar-refractivity contribution in [1.82, 2.24) is 25.0 Å². The highest BCUT2D eigenvalue weighted by molar-refractivity contribution is 7.18. The number of carbonyl (C=O) groups excluding carboxylic acids is 1. The van der Waals surface area contributed by atoms with E-state index >= 15 is 0 Å². The fourth-order valence-corrected chi connectivity index (χ4v) is 3.83. The first-order valence-electron chi connectivity index (χ1n) is 9.07. The Kier molecular flexibility index (Phi) is 5.82. The molecule has 0 aliphatic rings. The van der Waals surface area contributed by atoms with Gasteiger partial charge in [0.25, 0.3) is 6.43 Å². The normalized spacial score (nSPS) is 11.3. The van der Waals surface area contributed by atoms with Gasteiger partial charge < -0.3 is 15.4 Å². The number of hydrogen-bond acceptors (Lipinski definition) is 7. The van der Waals surface area contributed by atoms with E-state index in [-0.39, 0.29) is 23.5 Å². The van der Waals surface area contributed by atoms with E-state index in [9.17, 15) is 13.6 Å². The van der Waals surface area contributed by atoms with Crippen LogP contribution in [0, 0.1) is 6.92 Å². The van der Waals surface area contributed by atoms with Crippen LogP contribution in [0.1, 0.15) is 22.6 Å². The van der Waals surface area contributed by atoms with Crippen molar-refractivity contribution in [3.8, 4) is 5.69 Å². The summed E-state index contributed by atoms with van der Waals surface area (Å²) < 4.78 is 32.3. The first-order valence-corrected chi connectivity index (χ1v) is 9.88. The number of nitrogens with one attached hydrogen (secondary N) is 2. The molecule has 0 saturated carbocycles. The molecule has 0 unspecified atom stereocenters. The molecule has 31 heavy (non-hydrogen) atoms. The number of aryl methyl sites for hydroxylation is 1. The van der Waals surface area contributed by atoms with Crippen LogP contribution in [0.5, 0.6) is 0 Å². The molecule has 0 atom stereocenters. The number of nitrogens with zero attached hydrogens (tertiary/aromatic N) is 5. The first kappa shape index (κ1) is 20.8. The van der Waals surface area contributed by atoms with Crippen molar-refractivity contribution < 1.29 is 18.3 Å². The number of rotatable bonds is 6. The maximum atomic E-state index is 13.5. The summed E-state index contributed by atoms with van der Waals surface area (Å²) >= 11 is 1.44. The summed E-state index contributed by atoms with van der Waals surface area (Å²) in [5.41, 5.74) is 1.76. The molecule has 1 aromatic carbocycles. The minimum Gasteiger partial charge on any atom is -0.380 e. The van der Waals surface area contributed by atoms with E-state index in [0.717, 1.165) is 14.6 Å². The van der Waals surface area contributed by atoms with E-state index in [4.69, 9.17) is 4.74 Å². The van der Waals surface area contributed by atoms with E-state index < -0.39 is 12.5 Å². The van der Waals surface area contributed by atoms with Crippen molar-refractivity contribution in [1.29, 1.82) is 0 Å². The van der Waals surface area contributed by atoms with Crippen molar-refractivity contribution >= 4 is 39.1 Å². The Labute approximate surface area is 179 Å². The number of carbonyl (C=O) groups is 1. The van der Waals surface area contributed by atoms with Gasteiger partial charge in [-0.3, -0.25) is 0 Å². The maximum absolute atomic E-state index is 13.5. The van der Waals surface area contributed by atoms with Gasteiger partial charge in [0, 0.05) is 23.9 Å². The number of urea groups is 1. The molecule has 0 fully saturated rings. The van der Waals surface area contributed by atoms with Crippen LogP contribution in [0.3, 0.4) is 0 Å². The summed E-state index contributed by atoms with van der Waals surface area (Å²) in [5.74, 6) is 0. The molecule has 0 saturated heterocycles. The van der Waals surface area contributed by atoms with Crippen molar-refractivity contribution in [3.63, 3.8) is 0 Å². The molecule has 4 rings (SSSR count). The van der Waals surface area contributed by atoms with Crippen LogP contribution in [-0.4, -0.2) is 38.1 Å². The molecule has 0 aliphatic heterocycles. The number of fused-ring (bicyclic) bond motifs is 1. The van der Waals surface area contributed by atoms with Crippen LogP contribution in [0.2, 0.25) is 0 Å². The number of ether oxygens (including phenoxy) is 1. The fourth-order valence-electron chi connectivity index (χ4n) is 3.04. The molecule has 0 radical (unpaired) electrons. The molecule has 12 heteroatoms. The summed E-state index contributed by atoms with van der Waals surface area (Å²) in [7, 11) is 1.54. The van der Waals surface area contributed by atoms with E-state index in [0.29, 0.717) is 16.8 Å². The van der Waals surface area contributed by atoms with Crippen LogP contribution < -0.4 is 10.6 Å². The fraction of sp³-hybridized carbons (Fsp3) is 0.211. The molecular formula is C19H17F2N7O2S. The molecule has 3 aromatic heterocycles. The average Bonchev–Trinajstić information content (AvgIpc) is 3.39. The summed E-state index contributed by atoms with van der Waals surface area (Å²) in [5, 5.41) is 13.8. The number of amides is 2. The summed E-state index contributed by atoms with van der Waals surface area (Å²) in [4.78, 5) is 23.2. The van der Waals surface area contributed by atoms with Gasteiger partial charge in [-0.2, -0.15) is 15.0 Å². The zero-order valence-corrected chi connectivity index (χ0v) is 17.3. The lowest BCUT2D eigenvalue weighted by Gasteiger charge is -2.13. The molecule has 2 N–H and O–H groups in total. The molecule has 0 spiro atoms. The Morgan fingerprint density at radius 3 is 2.74 bits per heavy atom. The van der Waals surface area contributed by atoms with E-state index in [2.05, 4.69) is 30.8 Å². The van der Waals surface area contributed by atoms with Crippen LogP contribution in [0.4, 0.5) is 25.0 Å². The number of benzene rings is 1. The van der Waals surface area contributed by atoms with Gasteiger partial charge in [-0.15, -0.1) is 0 Å². The average molecular weight is 445 g/mol. The predicted molar refractivity (Wildman–Crippen MR) is 112 cm³/mol. The number of pyridine rings is 1. The lowest BCUT2D eigenvalue weighted by molar-refractivity contribution is 0.151. The van der Waals surface area contributed by atoms with Gasteiger partial charge in [0.2, 0.25) is 0 Å². The standard InChI is InChI=1S/C19H17F2N7O2S/c1-10-25-16-13(9-30-2)14(8-22-18(16)31-10)27-19(29)26-11-3-4-15(12(7-11)17(20)21)28-23-5-6-24-28/h3-8,17H,9H2,1-2H3,(H2,26,27,29). The molecule has 0 bridgehead atoms. The van der Waals surface area contributed by atoms with Gasteiger partial charge in [0.1, 0.15) is 10.3 Å². The van der Waals surface area contributed by atoms with Gasteiger partial charge in [0.05, 0.1) is 41.6 Å². The third-order valence-corrected chi connectivity index (χ3v) is 5.21. The van der Waals surface area contributed by atoms with Gasteiger partial charge in [-0.25, -0.2) is 23.5 Å². The molecule has 2 amide bonds. The molecule has 0 aliphatic carbocycles. The molecule has 4 aromatic rings. The predicted octanol–water partition coefficient (Wildman–Crippen LogP) is 4.31. The second-order valence-electron chi connectivity index (χ2n) is 6.44. The lowest BCUT2D eigenvalue weighted by atomic mass is 10.1. The minimum atomic E-state index is -2.78. The highest BCUT2D eigenvalue weighted by Gasteiger charge is 2.18. The zero-order valence-electron chi connectivity index (χ0n) is 16.5. The Morgan fingerprint density at radius 2 is 2.03 bits per heavy atom. The van der Waals surface area contributed by atoms with Gasteiger partial charge >= 0.3 is 6.03 Å². The Balaban J connectivity index is 1.58. The second kappa shape index (κ2) is 8.70. The van der Waals surface area contributed by atoms with Crippen LogP contribution in [0.15, 0.2) is 36.8 Å². The van der Waals surface area contributed by atoms with E-state index in [1.54, 1.807) is 0 Å². The minimum absolute atomic E-state index is 0.127. The van der Waals surface area contributed by atoms with Gasteiger partial charge in [-0.1, -0.05) is 11.3 Å². The number of hydrogen-bond donors (Lipinski definition) is 2. The Morgan fingerprint density at radius 1 is 1.26 bits per heavy atom. The SMILES string of the molecule is COCc1c(NC(=O)Nc2ccc(-n3nccn3)c(C(F)F)c2)cnc2sc(C)nc12. The summed E-state index contributed by atoms with van der Waals surface area (Å²) in [6.07, 6.45) is 1.52. The highest BCUT2D eigenvalue weighted by Crippen LogP contribution is 2.30. The molecular weight excluding hydrogens is 428 g/mol. The van der Waals surface area contributed by atoms with Crippen molar-refractivity contribution in [2.75, 3.05) is 17.7 Å². The van der Waals surface area contributed by atoms with Gasteiger partial charge in [-0.05, 0) is 25.1 Å². The van der Waals surface area contributed by atoms with Crippen molar-refractivity contribution in [3.05, 3.63) is 52.9 Å². The van der Waals surface area contributed by atoms with Crippen LogP contribution in [-0.2, 0) is 11.3 Å². The molecule has 9 nitrogen and oxygen atoms in total. The monoisotopic (exact) mass is 445 g/mol. The van der Waals surface area contributed by atoms with Crippen LogP contribution >= 0.6 is 11.3 Å². The number of anilines is 2. The smallest absolute Gasteiger partial charge is 0.323 e. The Bertz CT molecular complexity index is 1230. The number of alkyl halides is 2. The maximum Gasteiger partial charge on any atom is 0.323 e. The summed E-state index contributed by atoms with van der Waals surface area (Å²) in [6, 6.07) is 3.48. The molecule has 3 heterocycles. The van der Waals surface area contributed by atoms with E-state index in [1.165, 1.54) is 55.2 Å². The third kappa shape index (κ3) is 4.34. The molecule has 160 valence electrons. The quantitative estimate of drug-likeness (QED) is 0.458. The van der Waals surface area contributed by atoms with Crippen LogP contribution in [0.25, 0.3) is 16.0 Å². The second-order valence-corrected chi connectivity index (χ2v) is 7.62. The zero-order chi connectivity index (χ0) is 22.0. The van der Waals surface area contributed by atoms with Crippen molar-refractivity contribution in [2.24, 2.45) is 0 Å². The topological polar surface area (TPSA) is 107 Å². The summed E-state index contributed by atoms with van der Waals surface area (Å²) in [6.45, 7) is 2.09. The Hall–Kier alpha value is -3.51. The van der Waals surface area contributed by atoms with Crippen molar-refractivity contribution in [2.45, 2.75) is 20.0 Å². The lowest BCUT2D eigenvalue weighted by Crippen LogP contribution is -2.21. The first-order chi connectivity index (χ1) is 15.0. The largest absolute Gasteiger partial charge is 0.380 e. The highest BCUT2D eigenvalue weighted by atomic mass is 32.1. The number of halogens is 2. The number of methoxy groups -OCH3 is 1. The number of aromatic nitrogens is 5.